The predicted molar refractivity (Wildman–Crippen MR) is 63.5 cm³/mol. The monoisotopic (exact) mass is 253 g/mol. The van der Waals surface area contributed by atoms with Crippen molar-refractivity contribution in [3.8, 4) is 0 Å². The first-order valence-corrected chi connectivity index (χ1v) is 5.23. The molecule has 0 aliphatic rings. The Labute approximate surface area is 104 Å². The number of nitrogens with zero attached hydrogens (tertiary/aromatic N) is 3. The van der Waals surface area contributed by atoms with Crippen LogP contribution >= 0.6 is 0 Å². The molecule has 0 aliphatic carbocycles. The molecule has 8 nitrogen and oxygen atoms in total. The van der Waals surface area contributed by atoms with Crippen LogP contribution in [0.1, 0.15) is 0 Å². The molecular formula is C10H15N5O3. The maximum atomic E-state index is 11.5. The van der Waals surface area contributed by atoms with Gasteiger partial charge in [-0.15, -0.1) is 0 Å². The molecular weight excluding hydrogens is 238 g/mol. The highest BCUT2D eigenvalue weighted by Gasteiger charge is 2.13. The predicted octanol–water partition coefficient (Wildman–Crippen LogP) is -2.12. The molecule has 0 aromatic carbocycles. The summed E-state index contributed by atoms with van der Waals surface area (Å²) in [5.74, 6) is -0.844. The molecule has 1 aromatic rings. The lowest BCUT2D eigenvalue weighted by molar-refractivity contribution is -0.126. The zero-order valence-electron chi connectivity index (χ0n) is 9.91. The highest BCUT2D eigenvalue weighted by atomic mass is 16.3. The molecule has 0 radical (unpaired) electrons. The Balaban J connectivity index is 2.39. The van der Waals surface area contributed by atoms with Crippen molar-refractivity contribution in [1.82, 2.24) is 15.3 Å². The van der Waals surface area contributed by atoms with Crippen molar-refractivity contribution in [2.24, 2.45) is 5.73 Å². The number of nitrogens with one attached hydrogen (secondary N) is 1. The van der Waals surface area contributed by atoms with Gasteiger partial charge in [-0.1, -0.05) is 0 Å². The van der Waals surface area contributed by atoms with E-state index in [9.17, 15) is 9.59 Å². The Morgan fingerprint density at radius 2 is 2.11 bits per heavy atom. The highest BCUT2D eigenvalue weighted by Crippen LogP contribution is 2.00. The Morgan fingerprint density at radius 3 is 2.67 bits per heavy atom. The van der Waals surface area contributed by atoms with Crippen LogP contribution in [0.2, 0.25) is 0 Å². The number of primary amides is 1. The first-order valence-electron chi connectivity index (χ1n) is 5.23. The van der Waals surface area contributed by atoms with E-state index in [1.54, 1.807) is 25.5 Å². The highest BCUT2D eigenvalue weighted by molar-refractivity contribution is 5.83. The van der Waals surface area contributed by atoms with Crippen LogP contribution in [-0.2, 0) is 9.59 Å². The molecule has 18 heavy (non-hydrogen) atoms. The lowest BCUT2D eigenvalue weighted by atomic mass is 10.3. The number of aromatic nitrogens is 2. The van der Waals surface area contributed by atoms with Crippen molar-refractivity contribution in [2.45, 2.75) is 6.10 Å². The van der Waals surface area contributed by atoms with Gasteiger partial charge in [-0.05, 0) is 6.07 Å². The van der Waals surface area contributed by atoms with E-state index in [1.807, 2.05) is 0 Å². The average Bonchev–Trinajstić information content (AvgIpc) is 2.36. The Bertz CT molecular complexity index is 411. The van der Waals surface area contributed by atoms with Gasteiger partial charge in [0, 0.05) is 19.4 Å². The third-order valence-corrected chi connectivity index (χ3v) is 2.10. The largest absolute Gasteiger partial charge is 0.381 e. The lowest BCUT2D eigenvalue weighted by Crippen LogP contribution is -2.43. The SMILES string of the molecule is CN(CC(=O)NCC(O)C(N)=O)c1ncccn1. The van der Waals surface area contributed by atoms with Crippen LogP contribution in [0.5, 0.6) is 0 Å². The molecule has 1 aromatic heterocycles. The minimum Gasteiger partial charge on any atom is -0.381 e. The zero-order chi connectivity index (χ0) is 13.5. The molecule has 0 saturated carbocycles. The number of anilines is 1. The van der Waals surface area contributed by atoms with Crippen LogP contribution in [0.3, 0.4) is 0 Å². The van der Waals surface area contributed by atoms with Crippen molar-refractivity contribution < 1.29 is 14.7 Å². The number of nitrogens with two attached hydrogens (primary N) is 1. The van der Waals surface area contributed by atoms with E-state index in [0.717, 1.165) is 0 Å². The summed E-state index contributed by atoms with van der Waals surface area (Å²) < 4.78 is 0. The third-order valence-electron chi connectivity index (χ3n) is 2.10. The number of amides is 2. The Kier molecular flexibility index (Phi) is 5.00. The second-order valence-corrected chi connectivity index (χ2v) is 3.63. The van der Waals surface area contributed by atoms with Crippen molar-refractivity contribution in [1.29, 1.82) is 0 Å². The van der Waals surface area contributed by atoms with Crippen LogP contribution in [-0.4, -0.2) is 53.1 Å². The van der Waals surface area contributed by atoms with E-state index in [2.05, 4.69) is 15.3 Å². The van der Waals surface area contributed by atoms with Crippen molar-refractivity contribution in [3.05, 3.63) is 18.5 Å². The van der Waals surface area contributed by atoms with Crippen molar-refractivity contribution in [3.63, 3.8) is 0 Å². The summed E-state index contributed by atoms with van der Waals surface area (Å²) in [5.41, 5.74) is 4.84. The zero-order valence-corrected chi connectivity index (χ0v) is 9.91. The van der Waals surface area contributed by atoms with Gasteiger partial charge in [-0.2, -0.15) is 0 Å². The Morgan fingerprint density at radius 1 is 1.50 bits per heavy atom. The molecule has 98 valence electrons. The molecule has 0 aliphatic heterocycles. The second-order valence-electron chi connectivity index (χ2n) is 3.63. The summed E-state index contributed by atoms with van der Waals surface area (Å²) in [6.07, 6.45) is 1.74. The molecule has 1 atom stereocenters. The smallest absolute Gasteiger partial charge is 0.248 e. The minimum absolute atomic E-state index is 0.00942. The summed E-state index contributed by atoms with van der Waals surface area (Å²) in [4.78, 5) is 31.5. The molecule has 0 fully saturated rings. The normalized spacial score (nSPS) is 11.7. The third kappa shape index (κ3) is 4.34. The fourth-order valence-corrected chi connectivity index (χ4v) is 1.14. The number of rotatable bonds is 6. The quantitative estimate of drug-likeness (QED) is 0.532. The van der Waals surface area contributed by atoms with Gasteiger partial charge in [-0.25, -0.2) is 9.97 Å². The molecule has 8 heteroatoms. The number of aliphatic hydroxyl groups excluding tert-OH is 1. The van der Waals surface area contributed by atoms with Gasteiger partial charge >= 0.3 is 0 Å². The molecule has 1 rings (SSSR count). The second kappa shape index (κ2) is 6.50. The van der Waals surface area contributed by atoms with Crippen LogP contribution < -0.4 is 16.0 Å². The molecule has 1 heterocycles. The van der Waals surface area contributed by atoms with Gasteiger partial charge in [0.15, 0.2) is 0 Å². The first-order chi connectivity index (χ1) is 8.50. The number of likely N-dealkylation sites (N-methyl/N-ethyl adjacent to an activating group) is 1. The van der Waals surface area contributed by atoms with E-state index in [4.69, 9.17) is 10.8 Å². The minimum atomic E-state index is -1.38. The van der Waals surface area contributed by atoms with Gasteiger partial charge in [0.2, 0.25) is 17.8 Å². The maximum Gasteiger partial charge on any atom is 0.248 e. The Hall–Kier alpha value is -2.22. The molecule has 2 amide bonds. The molecule has 0 saturated heterocycles. The summed E-state index contributed by atoms with van der Waals surface area (Å²) in [7, 11) is 1.65. The number of hydrogen-bond acceptors (Lipinski definition) is 6. The molecule has 0 spiro atoms. The van der Waals surface area contributed by atoms with Crippen LogP contribution in [0.15, 0.2) is 18.5 Å². The van der Waals surface area contributed by atoms with Gasteiger partial charge in [0.05, 0.1) is 13.1 Å². The van der Waals surface area contributed by atoms with Crippen molar-refractivity contribution in [2.75, 3.05) is 25.0 Å². The van der Waals surface area contributed by atoms with Crippen LogP contribution in [0.25, 0.3) is 0 Å². The standard InChI is InChI=1S/C10H15N5O3/c1-15(10-12-3-2-4-13-10)6-8(17)14-5-7(16)9(11)18/h2-4,7,16H,5-6H2,1H3,(H2,11,18)(H,14,17). The molecule has 4 N–H and O–H groups in total. The van der Waals surface area contributed by atoms with E-state index >= 15 is 0 Å². The number of aliphatic hydroxyl groups is 1. The van der Waals surface area contributed by atoms with Gasteiger partial charge in [0.25, 0.3) is 0 Å². The number of carbonyl (C=O) groups excluding carboxylic acids is 2. The fourth-order valence-electron chi connectivity index (χ4n) is 1.14. The summed E-state index contributed by atoms with van der Waals surface area (Å²) in [6.45, 7) is -0.201. The first kappa shape index (κ1) is 13.8. The maximum absolute atomic E-state index is 11.5. The molecule has 0 bridgehead atoms. The van der Waals surface area contributed by atoms with E-state index in [-0.39, 0.29) is 19.0 Å². The van der Waals surface area contributed by atoms with Crippen LogP contribution in [0.4, 0.5) is 5.95 Å². The fraction of sp³-hybridized carbons (Fsp3) is 0.400. The van der Waals surface area contributed by atoms with Crippen molar-refractivity contribution >= 4 is 17.8 Å². The van der Waals surface area contributed by atoms with Crippen LogP contribution in [0, 0.1) is 0 Å². The van der Waals surface area contributed by atoms with E-state index in [1.165, 1.54) is 4.90 Å². The summed E-state index contributed by atoms with van der Waals surface area (Å²) in [5, 5.41) is 11.5. The number of carbonyl (C=O) groups is 2. The summed E-state index contributed by atoms with van der Waals surface area (Å²) in [6, 6.07) is 1.67. The topological polar surface area (TPSA) is 121 Å². The summed E-state index contributed by atoms with van der Waals surface area (Å²) >= 11 is 0. The molecule has 1 unspecified atom stereocenters. The van der Waals surface area contributed by atoms with E-state index < -0.39 is 12.0 Å². The van der Waals surface area contributed by atoms with Gasteiger partial charge in [-0.3, -0.25) is 9.59 Å². The van der Waals surface area contributed by atoms with Gasteiger partial charge in [0.1, 0.15) is 6.10 Å². The average molecular weight is 253 g/mol. The number of hydrogen-bond donors (Lipinski definition) is 3. The van der Waals surface area contributed by atoms with E-state index in [0.29, 0.717) is 5.95 Å². The van der Waals surface area contributed by atoms with Gasteiger partial charge < -0.3 is 21.1 Å². The lowest BCUT2D eigenvalue weighted by Gasteiger charge is -2.16.